The minimum absolute atomic E-state index is 0.726. The molecule has 0 saturated heterocycles. The molecule has 0 amide bonds. The summed E-state index contributed by atoms with van der Waals surface area (Å²) in [6.45, 7) is -0.726. The highest BCUT2D eigenvalue weighted by Gasteiger charge is 1.95. The molecule has 0 saturated carbocycles. The van der Waals surface area contributed by atoms with Gasteiger partial charge in [0.15, 0.2) is 0 Å². The Balaban J connectivity index is 3.13. The molecule has 0 N–H and O–H groups in total. The van der Waals surface area contributed by atoms with E-state index in [1.165, 1.54) is 0 Å². The van der Waals surface area contributed by atoms with Gasteiger partial charge in [0.1, 0.15) is 0 Å². The van der Waals surface area contributed by atoms with Crippen LogP contribution in [0.2, 0.25) is 0 Å². The van der Waals surface area contributed by atoms with Crippen LogP contribution in [0.1, 0.15) is 0 Å². The Labute approximate surface area is 38.6 Å². The Kier molecular flexibility index (Phi) is 2.96. The van der Waals surface area contributed by atoms with Crippen molar-refractivity contribution in [2.45, 2.75) is 6.43 Å². The number of hydrogen-bond donors (Lipinski definition) is 0. The summed E-state index contributed by atoms with van der Waals surface area (Å²) in [5, 5.41) is 2.60. The Morgan fingerprint density at radius 1 is 1.71 bits per heavy atom. The third-order valence-electron chi connectivity index (χ3n) is 0.283. The van der Waals surface area contributed by atoms with Crippen LogP contribution in [0.15, 0.2) is 5.11 Å². The molecule has 0 aliphatic carbocycles. The molecule has 7 heavy (non-hydrogen) atoms. The lowest BCUT2D eigenvalue weighted by Gasteiger charge is -1.82. The lowest BCUT2D eigenvalue weighted by molar-refractivity contribution is 0.158. The van der Waals surface area contributed by atoms with Crippen LogP contribution in [0.5, 0.6) is 0 Å². The fourth-order valence-electron chi connectivity index (χ4n) is 0.0982. The maximum atomic E-state index is 11.0. The Morgan fingerprint density at radius 3 is 2.43 bits per heavy atom. The molecule has 0 heterocycles. The number of rotatable bonds is 2. The Bertz CT molecular complexity index is 84.9. The summed E-state index contributed by atoms with van der Waals surface area (Å²) >= 11 is 0. The molecule has 0 fully saturated rings. The minimum atomic E-state index is -2.52. The van der Waals surface area contributed by atoms with E-state index in [0.29, 0.717) is 0 Å². The molecular formula is C2H3F2N3. The van der Waals surface area contributed by atoms with E-state index >= 15 is 0 Å². The van der Waals surface area contributed by atoms with Gasteiger partial charge in [-0.1, -0.05) is 5.11 Å². The van der Waals surface area contributed by atoms with Crippen LogP contribution in [0, 0.1) is 0 Å². The van der Waals surface area contributed by atoms with Gasteiger partial charge in [0.05, 0.1) is 6.54 Å². The average molecular weight is 107 g/mol. The third kappa shape index (κ3) is 5.17. The Hall–Kier alpha value is -0.830. The van der Waals surface area contributed by atoms with Gasteiger partial charge in [-0.25, -0.2) is 8.78 Å². The SMILES string of the molecule is [N-]=[N+]=NCC(F)F. The van der Waals surface area contributed by atoms with Gasteiger partial charge in [-0.05, 0) is 5.53 Å². The lowest BCUT2D eigenvalue weighted by Crippen LogP contribution is -1.91. The first-order valence-electron chi connectivity index (χ1n) is 1.56. The molecule has 0 radical (unpaired) electrons. The highest BCUT2D eigenvalue weighted by atomic mass is 19.3. The quantitative estimate of drug-likeness (QED) is 0.292. The number of azide groups is 1. The first-order valence-corrected chi connectivity index (χ1v) is 1.56. The van der Waals surface area contributed by atoms with Gasteiger partial charge in [-0.15, -0.1) is 0 Å². The second kappa shape index (κ2) is 3.36. The van der Waals surface area contributed by atoms with Crippen molar-refractivity contribution in [2.75, 3.05) is 6.54 Å². The topological polar surface area (TPSA) is 48.8 Å². The maximum Gasteiger partial charge on any atom is 0.244 e. The highest BCUT2D eigenvalue weighted by Crippen LogP contribution is 1.90. The van der Waals surface area contributed by atoms with E-state index in [9.17, 15) is 8.78 Å². The molecular weight excluding hydrogens is 104 g/mol. The Morgan fingerprint density at radius 2 is 2.29 bits per heavy atom. The van der Waals surface area contributed by atoms with Gasteiger partial charge in [0, 0.05) is 4.91 Å². The van der Waals surface area contributed by atoms with Gasteiger partial charge in [0.2, 0.25) is 6.43 Å². The van der Waals surface area contributed by atoms with E-state index in [0.717, 1.165) is 0 Å². The predicted molar refractivity (Wildman–Crippen MR) is 20.0 cm³/mol. The zero-order valence-electron chi connectivity index (χ0n) is 3.38. The number of alkyl halides is 2. The maximum absolute atomic E-state index is 11.0. The van der Waals surface area contributed by atoms with Crippen molar-refractivity contribution < 1.29 is 8.78 Å². The largest absolute Gasteiger partial charge is 0.244 e. The standard InChI is InChI=1S/C2H3F2N3/c3-2(4)1-6-7-5/h2H,1H2. The third-order valence-corrected chi connectivity index (χ3v) is 0.283. The molecule has 0 unspecified atom stereocenters. The molecule has 40 valence electrons. The summed E-state index contributed by atoms with van der Waals surface area (Å²) in [4.78, 5) is 2.12. The average Bonchev–Trinajstić information content (AvgIpc) is 1.61. The molecule has 0 aromatic carbocycles. The summed E-state index contributed by atoms with van der Waals surface area (Å²) in [7, 11) is 0. The van der Waals surface area contributed by atoms with Crippen LogP contribution in [0.25, 0.3) is 10.4 Å². The van der Waals surface area contributed by atoms with Crippen molar-refractivity contribution in [3.05, 3.63) is 10.4 Å². The molecule has 0 aromatic heterocycles. The normalized spacial score (nSPS) is 8.43. The fourth-order valence-corrected chi connectivity index (χ4v) is 0.0982. The molecule has 0 bridgehead atoms. The summed E-state index contributed by atoms with van der Waals surface area (Å²) in [5.41, 5.74) is 7.44. The summed E-state index contributed by atoms with van der Waals surface area (Å²) in [6.07, 6.45) is -2.52. The molecule has 5 heteroatoms. The monoisotopic (exact) mass is 107 g/mol. The van der Waals surface area contributed by atoms with Crippen LogP contribution in [0.3, 0.4) is 0 Å². The summed E-state index contributed by atoms with van der Waals surface area (Å²) < 4.78 is 21.9. The first-order chi connectivity index (χ1) is 3.27. The van der Waals surface area contributed by atoms with Crippen molar-refractivity contribution >= 4 is 0 Å². The number of halogens is 2. The van der Waals surface area contributed by atoms with Crippen LogP contribution in [0.4, 0.5) is 8.78 Å². The summed E-state index contributed by atoms with van der Waals surface area (Å²) in [5.74, 6) is 0. The molecule has 0 atom stereocenters. The van der Waals surface area contributed by atoms with Gasteiger partial charge in [-0.3, -0.25) is 0 Å². The first kappa shape index (κ1) is 6.17. The van der Waals surface area contributed by atoms with Crippen LogP contribution in [-0.2, 0) is 0 Å². The van der Waals surface area contributed by atoms with E-state index in [-0.39, 0.29) is 0 Å². The van der Waals surface area contributed by atoms with Crippen molar-refractivity contribution in [3.8, 4) is 0 Å². The second-order valence-electron chi connectivity index (χ2n) is 0.805. The number of nitrogens with zero attached hydrogens (tertiary/aromatic N) is 3. The van der Waals surface area contributed by atoms with Crippen molar-refractivity contribution in [1.29, 1.82) is 0 Å². The van der Waals surface area contributed by atoms with Gasteiger partial charge in [-0.2, -0.15) is 0 Å². The van der Waals surface area contributed by atoms with Crippen LogP contribution >= 0.6 is 0 Å². The van der Waals surface area contributed by atoms with E-state index in [1.54, 1.807) is 0 Å². The van der Waals surface area contributed by atoms with E-state index < -0.39 is 13.0 Å². The van der Waals surface area contributed by atoms with E-state index in [2.05, 4.69) is 10.0 Å². The van der Waals surface area contributed by atoms with Gasteiger partial charge in [0.25, 0.3) is 0 Å². The molecule has 3 nitrogen and oxygen atoms in total. The van der Waals surface area contributed by atoms with Crippen molar-refractivity contribution in [3.63, 3.8) is 0 Å². The fraction of sp³-hybridized carbons (Fsp3) is 1.00. The molecule has 0 spiro atoms. The highest BCUT2D eigenvalue weighted by molar-refractivity contribution is 4.46. The van der Waals surface area contributed by atoms with E-state index in [1.807, 2.05) is 0 Å². The van der Waals surface area contributed by atoms with Crippen LogP contribution < -0.4 is 0 Å². The lowest BCUT2D eigenvalue weighted by atomic mass is 10.7. The molecule has 0 aromatic rings. The van der Waals surface area contributed by atoms with Gasteiger partial charge < -0.3 is 0 Å². The van der Waals surface area contributed by atoms with Crippen LogP contribution in [-0.4, -0.2) is 13.0 Å². The zero-order chi connectivity index (χ0) is 5.70. The molecule has 0 rings (SSSR count). The predicted octanol–water partition coefficient (Wildman–Crippen LogP) is 1.56. The molecule has 0 aliphatic rings. The molecule has 0 aliphatic heterocycles. The smallest absolute Gasteiger partial charge is 0.210 e. The minimum Gasteiger partial charge on any atom is -0.210 e. The van der Waals surface area contributed by atoms with Crippen molar-refractivity contribution in [1.82, 2.24) is 0 Å². The summed E-state index contributed by atoms with van der Waals surface area (Å²) in [6, 6.07) is 0. The second-order valence-corrected chi connectivity index (χ2v) is 0.805. The van der Waals surface area contributed by atoms with Crippen molar-refractivity contribution in [2.24, 2.45) is 5.11 Å². The van der Waals surface area contributed by atoms with E-state index in [4.69, 9.17) is 5.53 Å². The zero-order valence-corrected chi connectivity index (χ0v) is 3.38. The number of hydrogen-bond acceptors (Lipinski definition) is 1. The van der Waals surface area contributed by atoms with Gasteiger partial charge >= 0.3 is 0 Å².